The molecule has 0 fully saturated rings. The second kappa shape index (κ2) is 10.1. The Kier molecular flexibility index (Phi) is 9.62. The molecule has 0 amide bonds. The highest BCUT2D eigenvalue weighted by atomic mass is 33.1. The summed E-state index contributed by atoms with van der Waals surface area (Å²) in [6, 6.07) is 16.8. The standard InChI is InChI=1S/2C8H10.H2S2/c1-7-3-5-8(2)6-4-7;1-7-5-3-4-6-8(7)2;1-2/h2*3-6H,1-2H3;1-2H. The molecular formula is C16H22S2. The lowest BCUT2D eigenvalue weighted by Crippen LogP contribution is -1.74. The van der Waals surface area contributed by atoms with Crippen LogP contribution in [0, 0.1) is 27.7 Å². The van der Waals surface area contributed by atoms with Crippen LogP contribution in [0.15, 0.2) is 48.5 Å². The van der Waals surface area contributed by atoms with Gasteiger partial charge in [0.1, 0.15) is 0 Å². The topological polar surface area (TPSA) is 0 Å². The molecule has 2 aromatic carbocycles. The van der Waals surface area contributed by atoms with Crippen LogP contribution in [0.5, 0.6) is 0 Å². The molecule has 0 unspecified atom stereocenters. The molecule has 2 rings (SSSR count). The van der Waals surface area contributed by atoms with Crippen molar-refractivity contribution in [2.75, 3.05) is 0 Å². The molecule has 0 radical (unpaired) electrons. The molecule has 0 aliphatic rings. The second-order valence-electron chi connectivity index (χ2n) is 4.24. The van der Waals surface area contributed by atoms with E-state index in [1.807, 2.05) is 0 Å². The predicted octanol–water partition coefficient (Wildman–Crippen LogP) is 5.37. The van der Waals surface area contributed by atoms with Crippen LogP contribution in [-0.2, 0) is 0 Å². The molecule has 0 aromatic heterocycles. The number of hydrogen-bond acceptors (Lipinski definition) is 2. The minimum absolute atomic E-state index is 1.33. The van der Waals surface area contributed by atoms with Crippen molar-refractivity contribution < 1.29 is 0 Å². The van der Waals surface area contributed by atoms with Gasteiger partial charge < -0.3 is 0 Å². The van der Waals surface area contributed by atoms with Crippen LogP contribution in [0.4, 0.5) is 0 Å². The summed E-state index contributed by atoms with van der Waals surface area (Å²) in [5.74, 6) is 0. The minimum Gasteiger partial charge on any atom is -0.115 e. The molecule has 0 aliphatic heterocycles. The third kappa shape index (κ3) is 7.46. The summed E-state index contributed by atoms with van der Waals surface area (Å²) < 4.78 is 0. The van der Waals surface area contributed by atoms with Crippen LogP contribution in [0.3, 0.4) is 0 Å². The Hall–Kier alpha value is -0.860. The van der Waals surface area contributed by atoms with E-state index in [1.165, 1.54) is 22.3 Å². The van der Waals surface area contributed by atoms with Crippen molar-refractivity contribution in [1.29, 1.82) is 0 Å². The zero-order chi connectivity index (χ0) is 14.0. The van der Waals surface area contributed by atoms with Gasteiger partial charge >= 0.3 is 0 Å². The lowest BCUT2D eigenvalue weighted by molar-refractivity contribution is 1.34. The fraction of sp³-hybridized carbons (Fsp3) is 0.250. The van der Waals surface area contributed by atoms with E-state index in [4.69, 9.17) is 0 Å². The molecule has 0 saturated heterocycles. The number of aryl methyl sites for hydroxylation is 4. The van der Waals surface area contributed by atoms with E-state index in [0.29, 0.717) is 0 Å². The molecular weight excluding hydrogens is 256 g/mol. The van der Waals surface area contributed by atoms with Gasteiger partial charge in [0, 0.05) is 0 Å². The van der Waals surface area contributed by atoms with Gasteiger partial charge in [0.25, 0.3) is 0 Å². The van der Waals surface area contributed by atoms with Crippen molar-refractivity contribution in [3.63, 3.8) is 0 Å². The van der Waals surface area contributed by atoms with Crippen molar-refractivity contribution in [3.05, 3.63) is 70.8 Å². The van der Waals surface area contributed by atoms with Gasteiger partial charge in [-0.3, -0.25) is 0 Å². The van der Waals surface area contributed by atoms with Crippen LogP contribution in [0.1, 0.15) is 22.3 Å². The van der Waals surface area contributed by atoms with E-state index in [1.54, 1.807) is 0 Å². The average Bonchev–Trinajstić information content (AvgIpc) is 2.40. The molecule has 0 saturated carbocycles. The first-order valence-electron chi connectivity index (χ1n) is 5.85. The van der Waals surface area contributed by atoms with Crippen molar-refractivity contribution in [2.24, 2.45) is 0 Å². The minimum atomic E-state index is 1.33. The lowest BCUT2D eigenvalue weighted by Gasteiger charge is -1.93. The molecule has 0 aliphatic carbocycles. The van der Waals surface area contributed by atoms with Gasteiger partial charge in [-0.1, -0.05) is 59.7 Å². The van der Waals surface area contributed by atoms with Crippen LogP contribution < -0.4 is 0 Å². The van der Waals surface area contributed by atoms with Crippen LogP contribution in [-0.4, -0.2) is 0 Å². The van der Waals surface area contributed by atoms with Gasteiger partial charge in [-0.05, 0) is 38.8 Å². The Morgan fingerprint density at radius 2 is 0.833 bits per heavy atom. The zero-order valence-corrected chi connectivity index (χ0v) is 13.3. The molecule has 2 heteroatoms. The van der Waals surface area contributed by atoms with Gasteiger partial charge in [-0.2, -0.15) is 0 Å². The van der Waals surface area contributed by atoms with Crippen LogP contribution >= 0.6 is 23.3 Å². The molecule has 0 bridgehead atoms. The first kappa shape index (κ1) is 17.1. The van der Waals surface area contributed by atoms with E-state index >= 15 is 0 Å². The third-order valence-electron chi connectivity index (χ3n) is 2.64. The van der Waals surface area contributed by atoms with E-state index < -0.39 is 0 Å². The van der Waals surface area contributed by atoms with Gasteiger partial charge in [-0.25, -0.2) is 0 Å². The molecule has 0 N–H and O–H groups in total. The SMILES string of the molecule is Cc1ccc(C)cc1.Cc1ccccc1C.SS. The highest BCUT2D eigenvalue weighted by Crippen LogP contribution is 2.02. The largest absolute Gasteiger partial charge is 0.115 e. The maximum atomic E-state index is 3.22. The summed E-state index contributed by atoms with van der Waals surface area (Å²) in [5.41, 5.74) is 5.39. The molecule has 98 valence electrons. The van der Waals surface area contributed by atoms with Crippen LogP contribution in [0.25, 0.3) is 0 Å². The summed E-state index contributed by atoms with van der Waals surface area (Å²) in [4.78, 5) is 0. The number of thiol groups is 2. The van der Waals surface area contributed by atoms with Gasteiger partial charge in [-0.15, -0.1) is 23.3 Å². The van der Waals surface area contributed by atoms with E-state index in [2.05, 4.69) is 99.5 Å². The van der Waals surface area contributed by atoms with Crippen molar-refractivity contribution in [1.82, 2.24) is 0 Å². The number of hydrogen-bond donors (Lipinski definition) is 2. The Morgan fingerprint density at radius 1 is 0.556 bits per heavy atom. The summed E-state index contributed by atoms with van der Waals surface area (Å²) in [6.07, 6.45) is 0. The lowest BCUT2D eigenvalue weighted by atomic mass is 10.1. The van der Waals surface area contributed by atoms with Crippen LogP contribution in [0.2, 0.25) is 0 Å². The predicted molar refractivity (Wildman–Crippen MR) is 89.8 cm³/mol. The Balaban J connectivity index is 0.000000283. The Morgan fingerprint density at radius 3 is 1.06 bits per heavy atom. The van der Waals surface area contributed by atoms with Gasteiger partial charge in [0.05, 0.1) is 0 Å². The first-order valence-corrected chi connectivity index (χ1v) is 7.45. The molecule has 2 aromatic rings. The highest BCUT2D eigenvalue weighted by Gasteiger charge is 1.83. The zero-order valence-electron chi connectivity index (χ0n) is 11.5. The number of rotatable bonds is 0. The quantitative estimate of drug-likeness (QED) is 0.470. The smallest absolute Gasteiger partial charge is 0.0395 e. The fourth-order valence-electron chi connectivity index (χ4n) is 1.30. The molecule has 18 heavy (non-hydrogen) atoms. The normalized spacial score (nSPS) is 8.56. The average molecular weight is 278 g/mol. The van der Waals surface area contributed by atoms with Crippen molar-refractivity contribution in [3.8, 4) is 0 Å². The maximum Gasteiger partial charge on any atom is -0.0395 e. The summed E-state index contributed by atoms with van der Waals surface area (Å²) >= 11 is 6.44. The van der Waals surface area contributed by atoms with Gasteiger partial charge in [0.2, 0.25) is 0 Å². The molecule has 0 heterocycles. The molecule has 0 atom stereocenters. The highest BCUT2D eigenvalue weighted by molar-refractivity contribution is 8.59. The summed E-state index contributed by atoms with van der Waals surface area (Å²) in [7, 11) is 0. The van der Waals surface area contributed by atoms with Crippen molar-refractivity contribution in [2.45, 2.75) is 27.7 Å². The first-order chi connectivity index (χ1) is 8.59. The maximum absolute atomic E-state index is 3.22. The van der Waals surface area contributed by atoms with E-state index in [9.17, 15) is 0 Å². The second-order valence-corrected chi connectivity index (χ2v) is 4.24. The Labute approximate surface area is 122 Å². The van der Waals surface area contributed by atoms with E-state index in [0.717, 1.165) is 0 Å². The third-order valence-corrected chi connectivity index (χ3v) is 2.64. The van der Waals surface area contributed by atoms with Gasteiger partial charge in [0.15, 0.2) is 0 Å². The summed E-state index contributed by atoms with van der Waals surface area (Å²) in [6.45, 7) is 8.43. The molecule has 0 nitrogen and oxygen atoms in total. The number of benzene rings is 2. The monoisotopic (exact) mass is 278 g/mol. The van der Waals surface area contributed by atoms with Crippen molar-refractivity contribution >= 4 is 23.3 Å². The van der Waals surface area contributed by atoms with E-state index in [-0.39, 0.29) is 0 Å². The fourth-order valence-corrected chi connectivity index (χ4v) is 1.30. The molecule has 0 spiro atoms. The summed E-state index contributed by atoms with van der Waals surface area (Å²) in [5, 5.41) is 0. The Bertz CT molecular complexity index is 391.